The van der Waals surface area contributed by atoms with Crippen LogP contribution in [0, 0.1) is 11.3 Å². The zero-order valence-corrected chi connectivity index (χ0v) is 19.0. The molecule has 0 bridgehead atoms. The third-order valence-corrected chi connectivity index (χ3v) is 7.48. The maximum absolute atomic E-state index is 12.9. The van der Waals surface area contributed by atoms with Crippen LogP contribution in [0.2, 0.25) is 5.02 Å². The lowest BCUT2D eigenvalue weighted by molar-refractivity contribution is -0.113. The Hall–Kier alpha value is -2.60. The number of benzene rings is 1. The quantitative estimate of drug-likeness (QED) is 0.318. The Morgan fingerprint density at radius 2 is 2.23 bits per heavy atom. The SMILES string of the molecule is C=CCn1c(SCC(=O)Nc2sc3c(c2C#N)CCCC3)nc2cc(Cl)ccc2c1=O. The fourth-order valence-electron chi connectivity index (χ4n) is 3.64. The number of allylic oxidation sites excluding steroid dienone is 1. The minimum absolute atomic E-state index is 0.0586. The molecule has 1 aliphatic rings. The van der Waals surface area contributed by atoms with Gasteiger partial charge in [0, 0.05) is 16.4 Å². The predicted molar refractivity (Wildman–Crippen MR) is 126 cm³/mol. The maximum Gasteiger partial charge on any atom is 0.262 e. The normalized spacial score (nSPS) is 12.9. The van der Waals surface area contributed by atoms with E-state index in [9.17, 15) is 14.9 Å². The Labute approximate surface area is 192 Å². The average Bonchev–Trinajstić information content (AvgIpc) is 3.11. The summed E-state index contributed by atoms with van der Waals surface area (Å²) < 4.78 is 1.49. The number of rotatable bonds is 6. The Morgan fingerprint density at radius 3 is 3.00 bits per heavy atom. The molecule has 1 aromatic carbocycles. The van der Waals surface area contributed by atoms with Crippen LogP contribution in [-0.4, -0.2) is 21.2 Å². The summed E-state index contributed by atoms with van der Waals surface area (Å²) in [4.78, 5) is 31.3. The first kappa shape index (κ1) is 21.6. The number of thioether (sulfide) groups is 1. The molecular weight excluding hydrogens is 452 g/mol. The van der Waals surface area contributed by atoms with Crippen LogP contribution in [0.25, 0.3) is 10.9 Å². The zero-order valence-electron chi connectivity index (χ0n) is 16.6. The van der Waals surface area contributed by atoms with Crippen molar-refractivity contribution in [2.75, 3.05) is 11.1 Å². The van der Waals surface area contributed by atoms with Crippen LogP contribution in [-0.2, 0) is 24.2 Å². The van der Waals surface area contributed by atoms with Gasteiger partial charge in [0.05, 0.1) is 22.2 Å². The van der Waals surface area contributed by atoms with Gasteiger partial charge in [0.1, 0.15) is 11.1 Å². The van der Waals surface area contributed by atoms with E-state index in [1.165, 1.54) is 32.5 Å². The molecule has 0 fully saturated rings. The van der Waals surface area contributed by atoms with Crippen LogP contribution in [0.5, 0.6) is 0 Å². The molecule has 0 unspecified atom stereocenters. The molecule has 0 radical (unpaired) electrons. The number of hydrogen-bond donors (Lipinski definition) is 1. The van der Waals surface area contributed by atoms with Gasteiger partial charge in [-0.05, 0) is 49.4 Å². The summed E-state index contributed by atoms with van der Waals surface area (Å²) in [5.74, 6) is -0.186. The Morgan fingerprint density at radius 1 is 1.42 bits per heavy atom. The van der Waals surface area contributed by atoms with E-state index in [-0.39, 0.29) is 23.8 Å². The molecule has 1 amide bonds. The molecule has 0 saturated carbocycles. The highest BCUT2D eigenvalue weighted by molar-refractivity contribution is 7.99. The van der Waals surface area contributed by atoms with Crippen molar-refractivity contribution in [3.8, 4) is 6.07 Å². The molecule has 0 saturated heterocycles. The summed E-state index contributed by atoms with van der Waals surface area (Å²) >= 11 is 8.71. The lowest BCUT2D eigenvalue weighted by Gasteiger charge is -2.11. The number of halogens is 1. The number of carbonyl (C=O) groups is 1. The number of amides is 1. The first-order valence-electron chi connectivity index (χ1n) is 9.80. The van der Waals surface area contributed by atoms with Gasteiger partial charge in [-0.25, -0.2) is 4.98 Å². The molecular formula is C22H19ClN4O2S2. The number of hydrogen-bond acceptors (Lipinski definition) is 6. The molecule has 1 aliphatic carbocycles. The molecule has 4 rings (SSSR count). The number of aromatic nitrogens is 2. The monoisotopic (exact) mass is 470 g/mol. The van der Waals surface area contributed by atoms with Gasteiger partial charge in [0.15, 0.2) is 5.16 Å². The van der Waals surface area contributed by atoms with Gasteiger partial charge >= 0.3 is 0 Å². The Kier molecular flexibility index (Phi) is 6.46. The standard InChI is InChI=1S/C22H19ClN4O2S2/c1-2-9-27-21(29)15-8-7-13(23)10-17(15)25-22(27)30-12-19(28)26-20-16(11-24)14-5-3-4-6-18(14)31-20/h2,7-8,10H,1,3-6,9,12H2,(H,26,28). The summed E-state index contributed by atoms with van der Waals surface area (Å²) in [6, 6.07) is 7.18. The highest BCUT2D eigenvalue weighted by Crippen LogP contribution is 2.37. The zero-order chi connectivity index (χ0) is 22.0. The Bertz CT molecular complexity index is 1290. The van der Waals surface area contributed by atoms with E-state index < -0.39 is 0 Å². The number of nitriles is 1. The summed E-state index contributed by atoms with van der Waals surface area (Å²) in [6.45, 7) is 3.99. The molecule has 2 aromatic heterocycles. The summed E-state index contributed by atoms with van der Waals surface area (Å²) in [7, 11) is 0. The van der Waals surface area contributed by atoms with Crippen molar-refractivity contribution in [3.63, 3.8) is 0 Å². The number of nitrogens with zero attached hydrogens (tertiary/aromatic N) is 3. The van der Waals surface area contributed by atoms with E-state index in [2.05, 4.69) is 22.9 Å². The molecule has 158 valence electrons. The van der Waals surface area contributed by atoms with Crippen molar-refractivity contribution in [3.05, 3.63) is 62.2 Å². The molecule has 6 nitrogen and oxygen atoms in total. The van der Waals surface area contributed by atoms with E-state index in [0.29, 0.717) is 31.6 Å². The topological polar surface area (TPSA) is 87.8 Å². The fraction of sp³-hybridized carbons (Fsp3) is 0.273. The summed E-state index contributed by atoms with van der Waals surface area (Å²) in [6.07, 6.45) is 5.64. The molecule has 0 aliphatic heterocycles. The molecule has 2 heterocycles. The molecule has 0 spiro atoms. The second-order valence-electron chi connectivity index (χ2n) is 7.12. The van der Waals surface area contributed by atoms with Crippen LogP contribution in [0.1, 0.15) is 28.8 Å². The first-order chi connectivity index (χ1) is 15.0. The largest absolute Gasteiger partial charge is 0.316 e. The molecule has 9 heteroatoms. The molecule has 1 N–H and O–H groups in total. The number of thiophene rings is 1. The third kappa shape index (κ3) is 4.40. The lowest BCUT2D eigenvalue weighted by atomic mass is 9.96. The maximum atomic E-state index is 12.9. The van der Waals surface area contributed by atoms with Gasteiger partial charge in [0.2, 0.25) is 5.91 Å². The lowest BCUT2D eigenvalue weighted by Crippen LogP contribution is -2.23. The number of anilines is 1. The number of carbonyl (C=O) groups excluding carboxylic acids is 1. The third-order valence-electron chi connectivity index (χ3n) is 5.06. The molecule has 3 aromatic rings. The smallest absolute Gasteiger partial charge is 0.262 e. The van der Waals surface area contributed by atoms with Crippen molar-refractivity contribution < 1.29 is 4.79 Å². The average molecular weight is 471 g/mol. The fourth-order valence-corrected chi connectivity index (χ4v) is 5.87. The van der Waals surface area contributed by atoms with Gasteiger partial charge in [-0.2, -0.15) is 5.26 Å². The van der Waals surface area contributed by atoms with Crippen LogP contribution < -0.4 is 10.9 Å². The first-order valence-corrected chi connectivity index (χ1v) is 12.0. The van der Waals surface area contributed by atoms with Crippen molar-refractivity contribution in [1.29, 1.82) is 5.26 Å². The van der Waals surface area contributed by atoms with Gasteiger partial charge in [-0.3, -0.25) is 14.2 Å². The second-order valence-corrected chi connectivity index (χ2v) is 9.61. The molecule has 0 atom stereocenters. The Balaban J connectivity index is 1.56. The van der Waals surface area contributed by atoms with E-state index in [0.717, 1.165) is 31.2 Å². The second kappa shape index (κ2) is 9.27. The van der Waals surface area contributed by atoms with Gasteiger partial charge in [-0.15, -0.1) is 17.9 Å². The van der Waals surface area contributed by atoms with Gasteiger partial charge < -0.3 is 5.32 Å². The van der Waals surface area contributed by atoms with Crippen molar-refractivity contribution in [2.45, 2.75) is 37.4 Å². The molecule has 31 heavy (non-hydrogen) atoms. The van der Waals surface area contributed by atoms with Crippen molar-refractivity contribution in [2.24, 2.45) is 0 Å². The summed E-state index contributed by atoms with van der Waals surface area (Å²) in [5, 5.41) is 14.4. The highest BCUT2D eigenvalue weighted by Gasteiger charge is 2.22. The van der Waals surface area contributed by atoms with Crippen LogP contribution in [0.15, 0.2) is 40.8 Å². The predicted octanol–water partition coefficient (Wildman–Crippen LogP) is 4.78. The van der Waals surface area contributed by atoms with Gasteiger partial charge in [0.25, 0.3) is 5.56 Å². The number of nitrogens with one attached hydrogen (secondary N) is 1. The van der Waals surface area contributed by atoms with Crippen LogP contribution in [0.4, 0.5) is 5.00 Å². The minimum atomic E-state index is -0.245. The van der Waals surface area contributed by atoms with E-state index in [1.807, 2.05) is 0 Å². The minimum Gasteiger partial charge on any atom is -0.316 e. The number of fused-ring (bicyclic) bond motifs is 2. The van der Waals surface area contributed by atoms with E-state index in [1.54, 1.807) is 24.3 Å². The van der Waals surface area contributed by atoms with E-state index in [4.69, 9.17) is 11.6 Å². The highest BCUT2D eigenvalue weighted by atomic mass is 35.5. The number of aryl methyl sites for hydroxylation is 1. The van der Waals surface area contributed by atoms with E-state index >= 15 is 0 Å². The van der Waals surface area contributed by atoms with Crippen molar-refractivity contribution >= 4 is 56.5 Å². The van der Waals surface area contributed by atoms with Crippen LogP contribution in [0.3, 0.4) is 0 Å². The van der Waals surface area contributed by atoms with Gasteiger partial charge in [-0.1, -0.05) is 29.4 Å². The van der Waals surface area contributed by atoms with Crippen LogP contribution >= 0.6 is 34.7 Å². The van der Waals surface area contributed by atoms with Crippen molar-refractivity contribution in [1.82, 2.24) is 9.55 Å². The summed E-state index contributed by atoms with van der Waals surface area (Å²) in [5.41, 5.74) is 1.94.